The Bertz CT molecular complexity index is 823. The molecule has 150 valence electrons. The first-order valence-corrected chi connectivity index (χ1v) is 10.0. The smallest absolute Gasteiger partial charge is 0.238 e. The van der Waals surface area contributed by atoms with Gasteiger partial charge in [-0.05, 0) is 43.2 Å². The van der Waals surface area contributed by atoms with Crippen molar-refractivity contribution in [3.63, 3.8) is 0 Å². The third-order valence-electron chi connectivity index (χ3n) is 4.97. The molecule has 2 aromatic carbocycles. The predicted octanol–water partition coefficient (Wildman–Crippen LogP) is 4.51. The second-order valence-corrected chi connectivity index (χ2v) is 8.05. The van der Waals surface area contributed by atoms with E-state index in [0.717, 1.165) is 37.3 Å². The average Bonchev–Trinajstić information content (AvgIpc) is 2.63. The monoisotopic (exact) mass is 423 g/mol. The zero-order chi connectivity index (χ0) is 20.3. The number of hydrogen-bond acceptors (Lipinski definition) is 3. The van der Waals surface area contributed by atoms with Crippen LogP contribution in [0.15, 0.2) is 30.3 Å². The van der Waals surface area contributed by atoms with Crippen LogP contribution in [0.25, 0.3) is 0 Å². The Morgan fingerprint density at radius 3 is 2.39 bits per heavy atom. The van der Waals surface area contributed by atoms with Crippen LogP contribution >= 0.6 is 23.2 Å². The highest BCUT2D eigenvalue weighted by Gasteiger charge is 2.21. The molecule has 1 saturated heterocycles. The summed E-state index contributed by atoms with van der Waals surface area (Å²) in [6, 6.07) is 8.59. The van der Waals surface area contributed by atoms with Gasteiger partial charge in [0.1, 0.15) is 5.82 Å². The summed E-state index contributed by atoms with van der Waals surface area (Å²) in [5.74, 6) is -0.362. The molecule has 2 aromatic rings. The molecule has 0 atom stereocenters. The number of aryl methyl sites for hydroxylation is 2. The Morgan fingerprint density at radius 2 is 1.75 bits per heavy atom. The lowest BCUT2D eigenvalue weighted by Gasteiger charge is -2.34. The third-order valence-corrected chi connectivity index (χ3v) is 5.62. The number of anilines is 1. The minimum Gasteiger partial charge on any atom is -0.323 e. The second kappa shape index (κ2) is 9.23. The molecule has 7 heteroatoms. The highest BCUT2D eigenvalue weighted by atomic mass is 35.5. The van der Waals surface area contributed by atoms with E-state index >= 15 is 0 Å². The predicted molar refractivity (Wildman–Crippen MR) is 113 cm³/mol. The van der Waals surface area contributed by atoms with Crippen LogP contribution in [0.4, 0.5) is 10.1 Å². The fraction of sp³-hybridized carbons (Fsp3) is 0.381. The van der Waals surface area contributed by atoms with Crippen LogP contribution in [-0.2, 0) is 11.3 Å². The van der Waals surface area contributed by atoms with Crippen molar-refractivity contribution in [2.75, 3.05) is 38.0 Å². The topological polar surface area (TPSA) is 35.6 Å². The number of nitrogens with one attached hydrogen (secondary N) is 1. The molecule has 1 aliphatic rings. The van der Waals surface area contributed by atoms with E-state index in [1.807, 2.05) is 26.0 Å². The summed E-state index contributed by atoms with van der Waals surface area (Å²) < 4.78 is 14.0. The summed E-state index contributed by atoms with van der Waals surface area (Å²) in [5, 5.41) is 3.93. The average molecular weight is 424 g/mol. The van der Waals surface area contributed by atoms with Gasteiger partial charge in [-0.1, -0.05) is 35.3 Å². The van der Waals surface area contributed by atoms with Crippen molar-refractivity contribution in [2.24, 2.45) is 0 Å². The molecule has 1 aliphatic heterocycles. The van der Waals surface area contributed by atoms with Gasteiger partial charge in [0, 0.05) is 43.3 Å². The fourth-order valence-corrected chi connectivity index (χ4v) is 4.06. The van der Waals surface area contributed by atoms with Gasteiger partial charge in [0.05, 0.1) is 17.3 Å². The lowest BCUT2D eigenvalue weighted by molar-refractivity contribution is -0.117. The maximum absolute atomic E-state index is 14.0. The van der Waals surface area contributed by atoms with Crippen molar-refractivity contribution < 1.29 is 9.18 Å². The minimum absolute atomic E-state index is 0.0838. The van der Waals surface area contributed by atoms with E-state index in [0.29, 0.717) is 34.4 Å². The van der Waals surface area contributed by atoms with E-state index < -0.39 is 0 Å². The number of benzene rings is 2. The molecule has 4 nitrogen and oxygen atoms in total. The summed E-state index contributed by atoms with van der Waals surface area (Å²) in [7, 11) is 0. The SMILES string of the molecule is Cc1cc(C)c(NC(=O)CN2CCN(Cc3c(F)cccc3Cl)CC2)c(Cl)c1. The van der Waals surface area contributed by atoms with E-state index in [4.69, 9.17) is 23.2 Å². The summed E-state index contributed by atoms with van der Waals surface area (Å²) in [6.07, 6.45) is 0. The normalized spacial score (nSPS) is 15.6. The van der Waals surface area contributed by atoms with Crippen molar-refractivity contribution in [3.8, 4) is 0 Å². The Hall–Kier alpha value is -1.66. The van der Waals surface area contributed by atoms with E-state index in [2.05, 4.69) is 15.1 Å². The van der Waals surface area contributed by atoms with E-state index in [1.54, 1.807) is 12.1 Å². The number of carbonyl (C=O) groups excluding carboxylic acids is 1. The zero-order valence-corrected chi connectivity index (χ0v) is 17.6. The number of piperazine rings is 1. The highest BCUT2D eigenvalue weighted by Crippen LogP contribution is 2.27. The molecule has 1 N–H and O–H groups in total. The maximum Gasteiger partial charge on any atom is 0.238 e. The molecule has 0 unspecified atom stereocenters. The lowest BCUT2D eigenvalue weighted by atomic mass is 10.1. The van der Waals surface area contributed by atoms with Crippen LogP contribution in [0.5, 0.6) is 0 Å². The molecule has 0 saturated carbocycles. The molecule has 1 fully saturated rings. The van der Waals surface area contributed by atoms with Gasteiger partial charge < -0.3 is 5.32 Å². The molecule has 0 spiro atoms. The van der Waals surface area contributed by atoms with Crippen LogP contribution < -0.4 is 5.32 Å². The van der Waals surface area contributed by atoms with Crippen molar-refractivity contribution >= 4 is 34.8 Å². The lowest BCUT2D eigenvalue weighted by Crippen LogP contribution is -2.48. The molecule has 0 aliphatic carbocycles. The van der Waals surface area contributed by atoms with Gasteiger partial charge in [0.15, 0.2) is 0 Å². The molecule has 3 rings (SSSR count). The van der Waals surface area contributed by atoms with E-state index in [-0.39, 0.29) is 11.7 Å². The van der Waals surface area contributed by atoms with Gasteiger partial charge in [0.2, 0.25) is 5.91 Å². The van der Waals surface area contributed by atoms with Crippen LogP contribution in [-0.4, -0.2) is 48.4 Å². The Kier molecular flexibility index (Phi) is 6.94. The van der Waals surface area contributed by atoms with Crippen LogP contribution in [0.2, 0.25) is 10.0 Å². The minimum atomic E-state index is -0.278. The summed E-state index contributed by atoms with van der Waals surface area (Å²) in [4.78, 5) is 16.7. The first-order chi connectivity index (χ1) is 13.3. The van der Waals surface area contributed by atoms with Gasteiger partial charge in [-0.2, -0.15) is 0 Å². The first kappa shape index (κ1) is 21.1. The molecule has 1 amide bonds. The van der Waals surface area contributed by atoms with Crippen molar-refractivity contribution in [2.45, 2.75) is 20.4 Å². The van der Waals surface area contributed by atoms with Crippen LogP contribution in [0, 0.1) is 19.7 Å². The zero-order valence-electron chi connectivity index (χ0n) is 16.1. The first-order valence-electron chi connectivity index (χ1n) is 9.27. The second-order valence-electron chi connectivity index (χ2n) is 7.24. The molecular weight excluding hydrogens is 400 g/mol. The largest absolute Gasteiger partial charge is 0.323 e. The van der Waals surface area contributed by atoms with Crippen molar-refractivity contribution in [1.29, 1.82) is 0 Å². The summed E-state index contributed by atoms with van der Waals surface area (Å²) >= 11 is 12.4. The Balaban J connectivity index is 1.51. The maximum atomic E-state index is 14.0. The van der Waals surface area contributed by atoms with Gasteiger partial charge in [-0.15, -0.1) is 0 Å². The van der Waals surface area contributed by atoms with E-state index in [1.165, 1.54) is 6.07 Å². The summed E-state index contributed by atoms with van der Waals surface area (Å²) in [5.41, 5.74) is 3.21. The number of rotatable bonds is 5. The van der Waals surface area contributed by atoms with Gasteiger partial charge in [0.25, 0.3) is 0 Å². The van der Waals surface area contributed by atoms with Gasteiger partial charge in [-0.25, -0.2) is 4.39 Å². The molecule has 0 radical (unpaired) electrons. The number of amides is 1. The standard InChI is InChI=1S/C21H24Cl2FN3O/c1-14-10-15(2)21(18(23)11-14)25-20(28)13-27-8-6-26(7-9-27)12-16-17(22)4-3-5-19(16)24/h3-5,10-11H,6-9,12-13H2,1-2H3,(H,25,28). The molecular formula is C21H24Cl2FN3O. The molecule has 1 heterocycles. The Morgan fingerprint density at radius 1 is 1.07 bits per heavy atom. The number of halogens is 3. The number of nitrogens with zero attached hydrogens (tertiary/aromatic N) is 2. The molecule has 0 aromatic heterocycles. The highest BCUT2D eigenvalue weighted by molar-refractivity contribution is 6.34. The van der Waals surface area contributed by atoms with Gasteiger partial charge >= 0.3 is 0 Å². The van der Waals surface area contributed by atoms with Crippen LogP contribution in [0.1, 0.15) is 16.7 Å². The van der Waals surface area contributed by atoms with Crippen molar-refractivity contribution in [3.05, 3.63) is 62.9 Å². The van der Waals surface area contributed by atoms with Gasteiger partial charge in [-0.3, -0.25) is 14.6 Å². The molecule has 28 heavy (non-hydrogen) atoms. The Labute approximate surface area is 175 Å². The molecule has 0 bridgehead atoms. The number of carbonyl (C=O) groups is 1. The van der Waals surface area contributed by atoms with Crippen molar-refractivity contribution in [1.82, 2.24) is 9.80 Å². The van der Waals surface area contributed by atoms with E-state index in [9.17, 15) is 9.18 Å². The number of hydrogen-bond donors (Lipinski definition) is 1. The third kappa shape index (κ3) is 5.23. The van der Waals surface area contributed by atoms with Crippen LogP contribution in [0.3, 0.4) is 0 Å². The quantitative estimate of drug-likeness (QED) is 0.768. The summed E-state index contributed by atoms with van der Waals surface area (Å²) in [6.45, 7) is 7.66. The fourth-order valence-electron chi connectivity index (χ4n) is 3.47.